The molecule has 3 aliphatic rings. The molecule has 1 heterocycles. The zero-order valence-electron chi connectivity index (χ0n) is 29.5. The summed E-state index contributed by atoms with van der Waals surface area (Å²) in [6.45, 7) is 16.0. The van der Waals surface area contributed by atoms with Gasteiger partial charge in [0.1, 0.15) is 11.8 Å². The second-order valence-electron chi connectivity index (χ2n) is 14.4. The molecule has 0 spiro atoms. The Bertz CT molecular complexity index is 1030. The highest BCUT2D eigenvalue weighted by molar-refractivity contribution is 6.22. The van der Waals surface area contributed by atoms with E-state index < -0.39 is 6.04 Å². The third kappa shape index (κ3) is 15.3. The van der Waals surface area contributed by atoms with E-state index in [-0.39, 0.29) is 46.3 Å². The summed E-state index contributed by atoms with van der Waals surface area (Å²) < 4.78 is 0. The fourth-order valence-electron chi connectivity index (χ4n) is 6.14. The Morgan fingerprint density at radius 2 is 1.76 bits per heavy atom. The lowest BCUT2D eigenvalue weighted by atomic mass is 9.84. The number of halogens is 1. The van der Waals surface area contributed by atoms with Gasteiger partial charge >= 0.3 is 0 Å². The lowest BCUT2D eigenvalue weighted by Crippen LogP contribution is -2.55. The minimum Gasteiger partial charge on any atom is -0.344 e. The van der Waals surface area contributed by atoms with Crippen LogP contribution < -0.4 is 10.6 Å². The molecule has 1 aliphatic heterocycles. The van der Waals surface area contributed by atoms with Gasteiger partial charge in [0.15, 0.2) is 0 Å². The zero-order chi connectivity index (χ0) is 34.2. The van der Waals surface area contributed by atoms with Crippen LogP contribution in [-0.4, -0.2) is 66.3 Å². The van der Waals surface area contributed by atoms with Gasteiger partial charge in [-0.25, -0.2) is 0 Å². The van der Waals surface area contributed by atoms with Crippen molar-refractivity contribution in [2.24, 2.45) is 23.2 Å². The van der Waals surface area contributed by atoms with E-state index >= 15 is 0 Å². The molecule has 2 fully saturated rings. The highest BCUT2D eigenvalue weighted by atomic mass is 35.5. The van der Waals surface area contributed by atoms with Crippen molar-refractivity contribution in [3.8, 4) is 0 Å². The number of likely N-dealkylation sites (tertiary alicyclic amines) is 1. The molecule has 7 nitrogen and oxygen atoms in total. The van der Waals surface area contributed by atoms with Gasteiger partial charge < -0.3 is 20.9 Å². The SMILES string of the molecule is C=CCCC(C)C(C)=O.CC1CC(CC(=N)C2=CC=CC(Cl)C2)CN1C(=O)C(NC(=O)CC1CCCCC1)C(C)(C)C.CNC. The fourth-order valence-corrected chi connectivity index (χ4v) is 6.39. The van der Waals surface area contributed by atoms with Crippen molar-refractivity contribution >= 4 is 34.9 Å². The van der Waals surface area contributed by atoms with Crippen LogP contribution in [-0.2, 0) is 14.4 Å². The standard InChI is InChI=1S/C27H42ClN3O2.C8H14O.C2H7N/c1-18-13-20(14-23(29)21-11-8-12-22(28)16-21)17-31(18)26(33)25(27(2,3)4)30-24(32)15-19-9-6-5-7-10-19;1-4-5-6-7(2)8(3)9;1-3-2/h8,11-12,18-20,22,25,29H,5-7,9-10,13-17H2,1-4H3,(H,30,32);4,7H,1,5-6H2,2-3H3;3H,1-2H3. The Morgan fingerprint density at radius 1 is 1.13 bits per heavy atom. The quantitative estimate of drug-likeness (QED) is 0.122. The van der Waals surface area contributed by atoms with E-state index in [1.54, 1.807) is 6.92 Å². The molecule has 8 heteroatoms. The lowest BCUT2D eigenvalue weighted by molar-refractivity contribution is -0.140. The van der Waals surface area contributed by atoms with E-state index in [4.69, 9.17) is 17.0 Å². The van der Waals surface area contributed by atoms with E-state index in [2.05, 4.69) is 24.1 Å². The molecule has 0 aromatic carbocycles. The topological polar surface area (TPSA) is 102 Å². The molecule has 2 aliphatic carbocycles. The highest BCUT2D eigenvalue weighted by Gasteiger charge is 2.41. The van der Waals surface area contributed by atoms with Crippen LogP contribution in [0.5, 0.6) is 0 Å². The Morgan fingerprint density at radius 3 is 2.29 bits per heavy atom. The van der Waals surface area contributed by atoms with Crippen LogP contribution in [0.3, 0.4) is 0 Å². The van der Waals surface area contributed by atoms with Gasteiger partial charge in [-0.1, -0.05) is 71.3 Å². The number of carbonyl (C=O) groups is 3. The minimum atomic E-state index is -0.530. The minimum absolute atomic E-state index is 0.00766. The van der Waals surface area contributed by atoms with Crippen molar-refractivity contribution in [2.75, 3.05) is 20.6 Å². The molecule has 0 aromatic heterocycles. The van der Waals surface area contributed by atoms with Gasteiger partial charge in [0.25, 0.3) is 0 Å². The maximum atomic E-state index is 13.6. The summed E-state index contributed by atoms with van der Waals surface area (Å²) in [5.74, 6) is 1.22. The summed E-state index contributed by atoms with van der Waals surface area (Å²) in [6, 6.07) is -0.422. The molecule has 0 aromatic rings. The molecule has 5 unspecified atom stereocenters. The number of ketones is 1. The zero-order valence-corrected chi connectivity index (χ0v) is 30.3. The maximum absolute atomic E-state index is 13.6. The largest absolute Gasteiger partial charge is 0.344 e. The average molecular weight is 647 g/mol. The predicted octanol–water partition coefficient (Wildman–Crippen LogP) is 7.64. The number of rotatable bonds is 11. The number of hydrogen-bond acceptors (Lipinski definition) is 5. The summed E-state index contributed by atoms with van der Waals surface area (Å²) in [5.41, 5.74) is 1.26. The van der Waals surface area contributed by atoms with Gasteiger partial charge in [-0.3, -0.25) is 14.4 Å². The molecule has 0 radical (unpaired) electrons. The van der Waals surface area contributed by atoms with Gasteiger partial charge in [0, 0.05) is 30.6 Å². The van der Waals surface area contributed by atoms with Crippen LogP contribution in [0.15, 0.2) is 36.5 Å². The van der Waals surface area contributed by atoms with E-state index in [1.165, 1.54) is 19.3 Å². The summed E-state index contributed by atoms with van der Waals surface area (Å²) in [7, 11) is 3.75. The van der Waals surface area contributed by atoms with Crippen LogP contribution >= 0.6 is 11.6 Å². The summed E-state index contributed by atoms with van der Waals surface area (Å²) in [4.78, 5) is 39.0. The van der Waals surface area contributed by atoms with Gasteiger partial charge in [0.2, 0.25) is 11.8 Å². The van der Waals surface area contributed by atoms with Gasteiger partial charge in [0.05, 0.1) is 5.38 Å². The number of nitrogens with zero attached hydrogens (tertiary/aromatic N) is 1. The first-order valence-corrected chi connectivity index (χ1v) is 17.5. The highest BCUT2D eigenvalue weighted by Crippen LogP contribution is 2.32. The third-order valence-corrected chi connectivity index (χ3v) is 9.27. The Kier molecular flexibility index (Phi) is 18.8. The monoisotopic (exact) mass is 646 g/mol. The third-order valence-electron chi connectivity index (χ3n) is 8.97. The van der Waals surface area contributed by atoms with E-state index in [0.29, 0.717) is 37.4 Å². The summed E-state index contributed by atoms with van der Waals surface area (Å²) in [5, 5.41) is 14.4. The molecule has 1 saturated carbocycles. The van der Waals surface area contributed by atoms with Crippen molar-refractivity contribution in [1.82, 2.24) is 15.5 Å². The fraction of sp³-hybridized carbons (Fsp3) is 0.730. The first-order valence-electron chi connectivity index (χ1n) is 17.0. The maximum Gasteiger partial charge on any atom is 0.245 e. The van der Waals surface area contributed by atoms with E-state index in [0.717, 1.165) is 37.7 Å². The Balaban J connectivity index is 0.000000717. The van der Waals surface area contributed by atoms with E-state index in [9.17, 15) is 14.4 Å². The Labute approximate surface area is 279 Å². The van der Waals surface area contributed by atoms with Crippen LogP contribution in [0.25, 0.3) is 0 Å². The average Bonchev–Trinajstić information content (AvgIpc) is 3.34. The van der Waals surface area contributed by atoms with Gasteiger partial charge in [-0.2, -0.15) is 0 Å². The van der Waals surface area contributed by atoms with Crippen molar-refractivity contribution < 1.29 is 14.4 Å². The van der Waals surface area contributed by atoms with Crippen molar-refractivity contribution in [3.63, 3.8) is 0 Å². The number of hydrogen-bond donors (Lipinski definition) is 3. The second-order valence-corrected chi connectivity index (χ2v) is 14.9. The number of allylic oxidation sites excluding steroid dienone is 5. The summed E-state index contributed by atoms with van der Waals surface area (Å²) >= 11 is 6.23. The molecule has 0 bridgehead atoms. The van der Waals surface area contributed by atoms with Crippen LogP contribution in [0.2, 0.25) is 0 Å². The molecular weight excluding hydrogens is 584 g/mol. The molecule has 256 valence electrons. The van der Waals surface area contributed by atoms with E-state index in [1.807, 2.05) is 71.0 Å². The predicted molar refractivity (Wildman–Crippen MR) is 190 cm³/mol. The number of amides is 2. The number of nitrogens with one attached hydrogen (secondary N) is 3. The van der Waals surface area contributed by atoms with Crippen molar-refractivity contribution in [2.45, 2.75) is 130 Å². The van der Waals surface area contributed by atoms with Crippen LogP contribution in [0.1, 0.15) is 112 Å². The number of alkyl halides is 1. The Hall–Kier alpha value is -2.25. The molecule has 1 saturated heterocycles. The first kappa shape index (κ1) is 40.8. The first-order chi connectivity index (χ1) is 21.1. The molecule has 5 atom stereocenters. The normalized spacial score (nSPS) is 22.9. The molecular formula is C37H63ClN4O3. The summed E-state index contributed by atoms with van der Waals surface area (Å²) in [6.07, 6.45) is 18.3. The van der Waals surface area contributed by atoms with Crippen LogP contribution in [0.4, 0.5) is 0 Å². The van der Waals surface area contributed by atoms with Gasteiger partial charge in [-0.15, -0.1) is 18.2 Å². The number of Topliss-reactive ketones (excluding diaryl/α,β-unsaturated/α-hetero) is 1. The smallest absolute Gasteiger partial charge is 0.245 e. The molecule has 3 N–H and O–H groups in total. The molecule has 3 rings (SSSR count). The molecule has 2 amide bonds. The number of carbonyl (C=O) groups excluding carboxylic acids is 3. The second kappa shape index (κ2) is 20.8. The van der Waals surface area contributed by atoms with Crippen molar-refractivity contribution in [1.29, 1.82) is 5.41 Å². The molecule has 45 heavy (non-hydrogen) atoms. The van der Waals surface area contributed by atoms with Crippen molar-refractivity contribution in [3.05, 3.63) is 36.5 Å². The van der Waals surface area contributed by atoms with Gasteiger partial charge in [-0.05, 0) is 95.7 Å². The lowest BCUT2D eigenvalue weighted by Gasteiger charge is -2.35. The van der Waals surface area contributed by atoms with Crippen LogP contribution in [0, 0.1) is 28.6 Å².